The van der Waals surface area contributed by atoms with Crippen molar-refractivity contribution >= 4 is 5.91 Å². The van der Waals surface area contributed by atoms with Gasteiger partial charge >= 0.3 is 0 Å². The number of unbranched alkanes of at least 4 members (excludes halogenated alkanes) is 2. The number of benzene rings is 1. The van der Waals surface area contributed by atoms with Crippen molar-refractivity contribution in [2.75, 3.05) is 0 Å². The summed E-state index contributed by atoms with van der Waals surface area (Å²) in [5, 5.41) is 0. The van der Waals surface area contributed by atoms with Gasteiger partial charge in [0.25, 0.3) is 5.91 Å². The molecule has 0 aliphatic rings. The Hall–Kier alpha value is -1.90. The fourth-order valence-corrected chi connectivity index (χ4v) is 2.03. The lowest BCUT2D eigenvalue weighted by molar-refractivity contribution is 0.0959. The van der Waals surface area contributed by atoms with E-state index in [1.165, 1.54) is 17.4 Å². The van der Waals surface area contributed by atoms with Crippen molar-refractivity contribution in [2.45, 2.75) is 32.6 Å². The molecule has 94 valence electrons. The van der Waals surface area contributed by atoms with Crippen LogP contribution in [0.4, 0.5) is 0 Å². The smallest absolute Gasteiger partial charge is 0.263 e. The number of hydrogen-bond acceptors (Lipinski definition) is 2. The van der Waals surface area contributed by atoms with Crippen LogP contribution in [0.15, 0.2) is 43.0 Å². The van der Waals surface area contributed by atoms with Crippen molar-refractivity contribution in [1.82, 2.24) is 9.55 Å². The third-order valence-corrected chi connectivity index (χ3v) is 3.04. The van der Waals surface area contributed by atoms with E-state index in [9.17, 15) is 4.79 Å². The summed E-state index contributed by atoms with van der Waals surface area (Å²) in [5.74, 6) is -0.000372. The molecule has 0 unspecified atom stereocenters. The van der Waals surface area contributed by atoms with E-state index < -0.39 is 0 Å². The summed E-state index contributed by atoms with van der Waals surface area (Å²) < 4.78 is 1.53. The largest absolute Gasteiger partial charge is 0.272 e. The molecule has 0 aliphatic heterocycles. The van der Waals surface area contributed by atoms with E-state index in [0.29, 0.717) is 0 Å². The number of aryl methyl sites for hydroxylation is 1. The summed E-state index contributed by atoms with van der Waals surface area (Å²) in [7, 11) is 0. The number of imidazole rings is 1. The molecule has 1 heterocycles. The molecule has 1 aromatic heterocycles. The van der Waals surface area contributed by atoms with Crippen molar-refractivity contribution in [3.63, 3.8) is 0 Å². The van der Waals surface area contributed by atoms with Crippen LogP contribution in [0.1, 0.15) is 42.1 Å². The van der Waals surface area contributed by atoms with E-state index in [4.69, 9.17) is 0 Å². The van der Waals surface area contributed by atoms with Crippen LogP contribution in [0.3, 0.4) is 0 Å². The van der Waals surface area contributed by atoms with Gasteiger partial charge < -0.3 is 0 Å². The van der Waals surface area contributed by atoms with Gasteiger partial charge in [0.2, 0.25) is 0 Å². The highest BCUT2D eigenvalue weighted by Gasteiger charge is 2.11. The molecule has 0 spiro atoms. The third kappa shape index (κ3) is 2.86. The van der Waals surface area contributed by atoms with Crippen molar-refractivity contribution in [1.29, 1.82) is 0 Å². The predicted molar refractivity (Wildman–Crippen MR) is 71.6 cm³/mol. The van der Waals surface area contributed by atoms with Gasteiger partial charge in [0.15, 0.2) is 0 Å². The number of carbonyl (C=O) groups is 1. The van der Waals surface area contributed by atoms with Gasteiger partial charge in [-0.2, -0.15) is 0 Å². The van der Waals surface area contributed by atoms with Gasteiger partial charge in [-0.25, -0.2) is 4.98 Å². The summed E-state index contributed by atoms with van der Waals surface area (Å²) in [4.78, 5) is 16.2. The van der Waals surface area contributed by atoms with Crippen LogP contribution in [0, 0.1) is 0 Å². The molecule has 0 saturated heterocycles. The molecule has 0 saturated carbocycles. The molecule has 0 aliphatic carbocycles. The van der Waals surface area contributed by atoms with E-state index in [2.05, 4.69) is 11.9 Å². The monoisotopic (exact) mass is 242 g/mol. The zero-order valence-electron chi connectivity index (χ0n) is 10.7. The van der Waals surface area contributed by atoms with E-state index in [1.807, 2.05) is 24.3 Å². The molecule has 0 fully saturated rings. The average molecular weight is 242 g/mol. The quantitative estimate of drug-likeness (QED) is 0.754. The molecular weight excluding hydrogens is 224 g/mol. The van der Waals surface area contributed by atoms with Crippen LogP contribution in [0.5, 0.6) is 0 Å². The van der Waals surface area contributed by atoms with Gasteiger partial charge in [0.1, 0.15) is 6.33 Å². The topological polar surface area (TPSA) is 34.9 Å². The minimum atomic E-state index is -0.000372. The second-order valence-electron chi connectivity index (χ2n) is 4.39. The lowest BCUT2D eigenvalue weighted by Gasteiger charge is -2.08. The normalized spacial score (nSPS) is 10.5. The fraction of sp³-hybridized carbons (Fsp3) is 0.333. The van der Waals surface area contributed by atoms with E-state index in [0.717, 1.165) is 24.0 Å². The maximum Gasteiger partial charge on any atom is 0.263 e. The second kappa shape index (κ2) is 6.15. The summed E-state index contributed by atoms with van der Waals surface area (Å²) in [6, 6.07) is 7.84. The van der Waals surface area contributed by atoms with Crippen LogP contribution < -0.4 is 0 Å². The Kier molecular flexibility index (Phi) is 4.29. The molecule has 2 aromatic rings. The van der Waals surface area contributed by atoms with Crippen molar-refractivity contribution < 1.29 is 4.79 Å². The van der Waals surface area contributed by atoms with Gasteiger partial charge in [-0.05, 0) is 24.5 Å². The molecule has 1 aromatic carbocycles. The first kappa shape index (κ1) is 12.6. The number of carbonyl (C=O) groups excluding carboxylic acids is 1. The van der Waals surface area contributed by atoms with E-state index >= 15 is 0 Å². The summed E-state index contributed by atoms with van der Waals surface area (Å²) >= 11 is 0. The molecule has 2 rings (SSSR count). The van der Waals surface area contributed by atoms with E-state index in [-0.39, 0.29) is 5.91 Å². The SMILES string of the molecule is CCCCCc1ccccc1C(=O)n1ccnc1. The predicted octanol–water partition coefficient (Wildman–Crippen LogP) is 3.30. The molecule has 0 amide bonds. The van der Waals surface area contributed by atoms with Gasteiger partial charge in [0, 0.05) is 18.0 Å². The van der Waals surface area contributed by atoms with Crippen molar-refractivity contribution in [3.8, 4) is 0 Å². The molecule has 0 N–H and O–H groups in total. The Labute approximate surface area is 107 Å². The number of rotatable bonds is 5. The lowest BCUT2D eigenvalue weighted by Crippen LogP contribution is -2.12. The Bertz CT molecular complexity index is 503. The summed E-state index contributed by atoms with van der Waals surface area (Å²) in [5.41, 5.74) is 1.91. The zero-order valence-corrected chi connectivity index (χ0v) is 10.7. The van der Waals surface area contributed by atoms with Crippen molar-refractivity contribution in [2.24, 2.45) is 0 Å². The van der Waals surface area contributed by atoms with Crippen LogP contribution in [-0.4, -0.2) is 15.5 Å². The minimum Gasteiger partial charge on any atom is -0.272 e. The number of hydrogen-bond donors (Lipinski definition) is 0. The highest BCUT2D eigenvalue weighted by Crippen LogP contribution is 2.14. The Morgan fingerprint density at radius 2 is 2.11 bits per heavy atom. The maximum atomic E-state index is 12.3. The first-order chi connectivity index (χ1) is 8.83. The minimum absolute atomic E-state index is 0.000372. The second-order valence-corrected chi connectivity index (χ2v) is 4.39. The molecule has 3 heteroatoms. The molecule has 0 bridgehead atoms. The Morgan fingerprint density at radius 3 is 2.83 bits per heavy atom. The molecule has 18 heavy (non-hydrogen) atoms. The lowest BCUT2D eigenvalue weighted by atomic mass is 10.0. The highest BCUT2D eigenvalue weighted by atomic mass is 16.2. The third-order valence-electron chi connectivity index (χ3n) is 3.04. The van der Waals surface area contributed by atoms with Crippen LogP contribution >= 0.6 is 0 Å². The fourth-order valence-electron chi connectivity index (χ4n) is 2.03. The van der Waals surface area contributed by atoms with E-state index in [1.54, 1.807) is 18.7 Å². The first-order valence-corrected chi connectivity index (χ1v) is 6.43. The van der Waals surface area contributed by atoms with Gasteiger partial charge in [0.05, 0.1) is 0 Å². The van der Waals surface area contributed by atoms with Crippen LogP contribution in [-0.2, 0) is 6.42 Å². The van der Waals surface area contributed by atoms with Crippen molar-refractivity contribution in [3.05, 3.63) is 54.1 Å². The van der Waals surface area contributed by atoms with Gasteiger partial charge in [-0.3, -0.25) is 9.36 Å². The summed E-state index contributed by atoms with van der Waals surface area (Å²) in [6.45, 7) is 2.18. The molecule has 0 radical (unpaired) electrons. The van der Waals surface area contributed by atoms with Gasteiger partial charge in [-0.15, -0.1) is 0 Å². The molecule has 3 nitrogen and oxygen atoms in total. The van der Waals surface area contributed by atoms with Crippen LogP contribution in [0.25, 0.3) is 0 Å². The Morgan fingerprint density at radius 1 is 1.28 bits per heavy atom. The number of nitrogens with zero attached hydrogens (tertiary/aromatic N) is 2. The first-order valence-electron chi connectivity index (χ1n) is 6.43. The van der Waals surface area contributed by atoms with Crippen LogP contribution in [0.2, 0.25) is 0 Å². The summed E-state index contributed by atoms with van der Waals surface area (Å²) in [6.07, 6.45) is 9.34. The zero-order chi connectivity index (χ0) is 12.8. The molecular formula is C15H18N2O. The average Bonchev–Trinajstić information content (AvgIpc) is 2.93. The Balaban J connectivity index is 2.19. The molecule has 0 atom stereocenters. The number of aromatic nitrogens is 2. The highest BCUT2D eigenvalue weighted by molar-refractivity contribution is 5.97. The standard InChI is InChI=1S/C15H18N2O/c1-2-3-4-7-13-8-5-6-9-14(13)15(18)17-11-10-16-12-17/h5-6,8-12H,2-4,7H2,1H3. The maximum absolute atomic E-state index is 12.3. The van der Waals surface area contributed by atoms with Gasteiger partial charge in [-0.1, -0.05) is 38.0 Å².